The lowest BCUT2D eigenvalue weighted by atomic mass is 9.96. The van der Waals surface area contributed by atoms with Gasteiger partial charge in [-0.25, -0.2) is 0 Å². The molecule has 1 aromatic rings. The number of halogens is 1. The summed E-state index contributed by atoms with van der Waals surface area (Å²) in [5.74, 6) is 0.681. The molecule has 4 nitrogen and oxygen atoms in total. The molecule has 1 aliphatic heterocycles. The lowest BCUT2D eigenvalue weighted by Gasteiger charge is -2.32. The van der Waals surface area contributed by atoms with E-state index >= 15 is 0 Å². The molecule has 0 spiro atoms. The van der Waals surface area contributed by atoms with E-state index in [0.29, 0.717) is 29.6 Å². The maximum atomic E-state index is 12.5. The number of piperidine rings is 1. The second-order valence-electron chi connectivity index (χ2n) is 6.29. The molecule has 5 heteroatoms. The van der Waals surface area contributed by atoms with Gasteiger partial charge in [-0.2, -0.15) is 0 Å². The predicted octanol–water partition coefficient (Wildman–Crippen LogP) is 2.72. The van der Waals surface area contributed by atoms with Crippen LogP contribution in [0.25, 0.3) is 0 Å². The molecule has 2 fully saturated rings. The number of carbonyl (C=O) groups is 2. The van der Waals surface area contributed by atoms with Crippen LogP contribution in [0.4, 0.5) is 0 Å². The number of hydrogen-bond acceptors (Lipinski definition) is 2. The fraction of sp³-hybridized carbons (Fsp3) is 0.529. The van der Waals surface area contributed by atoms with Crippen LogP contribution in [0.3, 0.4) is 0 Å². The minimum Gasteiger partial charge on any atom is -0.356 e. The van der Waals surface area contributed by atoms with Crippen molar-refractivity contribution in [2.45, 2.75) is 25.7 Å². The Morgan fingerprint density at radius 1 is 1.18 bits per heavy atom. The fourth-order valence-corrected chi connectivity index (χ4v) is 2.99. The van der Waals surface area contributed by atoms with Gasteiger partial charge in [0.1, 0.15) is 0 Å². The lowest BCUT2D eigenvalue weighted by Crippen LogP contribution is -2.45. The molecule has 3 rings (SSSR count). The third-order valence-electron chi connectivity index (χ3n) is 4.43. The van der Waals surface area contributed by atoms with Gasteiger partial charge in [-0.3, -0.25) is 9.59 Å². The first-order valence-corrected chi connectivity index (χ1v) is 8.34. The van der Waals surface area contributed by atoms with Gasteiger partial charge >= 0.3 is 0 Å². The van der Waals surface area contributed by atoms with E-state index in [-0.39, 0.29) is 17.7 Å². The summed E-state index contributed by atoms with van der Waals surface area (Å²) in [6.07, 6.45) is 4.19. The maximum Gasteiger partial charge on any atom is 0.253 e. The summed E-state index contributed by atoms with van der Waals surface area (Å²) in [6, 6.07) is 6.92. The minimum absolute atomic E-state index is 0.0173. The van der Waals surface area contributed by atoms with Crippen molar-refractivity contribution in [1.82, 2.24) is 10.2 Å². The second-order valence-corrected chi connectivity index (χ2v) is 6.72. The average Bonchev–Trinajstić information content (AvgIpc) is 3.37. The Morgan fingerprint density at radius 3 is 2.59 bits per heavy atom. The molecule has 1 heterocycles. The van der Waals surface area contributed by atoms with E-state index in [9.17, 15) is 9.59 Å². The van der Waals surface area contributed by atoms with Crippen molar-refractivity contribution in [3.63, 3.8) is 0 Å². The van der Waals surface area contributed by atoms with Crippen LogP contribution in [-0.2, 0) is 4.79 Å². The lowest BCUT2D eigenvalue weighted by molar-refractivity contribution is -0.126. The van der Waals surface area contributed by atoms with Gasteiger partial charge in [-0.1, -0.05) is 11.6 Å². The molecule has 2 amide bonds. The van der Waals surface area contributed by atoms with E-state index in [2.05, 4.69) is 5.32 Å². The number of likely N-dealkylation sites (tertiary alicyclic amines) is 1. The zero-order chi connectivity index (χ0) is 15.5. The van der Waals surface area contributed by atoms with Crippen molar-refractivity contribution in [2.24, 2.45) is 11.8 Å². The van der Waals surface area contributed by atoms with Crippen molar-refractivity contribution in [3.8, 4) is 0 Å². The topological polar surface area (TPSA) is 49.4 Å². The number of nitrogens with zero attached hydrogens (tertiary/aromatic N) is 1. The standard InChI is InChI=1S/C17H21ClN2O2/c18-15-7-5-13(6-8-15)17(22)20-9-1-2-14(11-20)16(21)19-10-12-3-4-12/h5-8,12,14H,1-4,9-11H2,(H,19,21). The highest BCUT2D eigenvalue weighted by Gasteiger charge is 2.30. The first kappa shape index (κ1) is 15.3. The summed E-state index contributed by atoms with van der Waals surface area (Å²) in [4.78, 5) is 26.5. The predicted molar refractivity (Wildman–Crippen MR) is 85.8 cm³/mol. The molecule has 1 saturated carbocycles. The van der Waals surface area contributed by atoms with Gasteiger partial charge in [-0.15, -0.1) is 0 Å². The molecule has 0 bridgehead atoms. The average molecular weight is 321 g/mol. The van der Waals surface area contributed by atoms with Gasteiger partial charge in [0.15, 0.2) is 0 Å². The molecule has 1 unspecified atom stereocenters. The molecule has 0 radical (unpaired) electrons. The Bertz CT molecular complexity index is 554. The van der Waals surface area contributed by atoms with E-state index in [4.69, 9.17) is 11.6 Å². The van der Waals surface area contributed by atoms with E-state index in [0.717, 1.165) is 19.4 Å². The quantitative estimate of drug-likeness (QED) is 0.927. The van der Waals surface area contributed by atoms with Crippen molar-refractivity contribution in [1.29, 1.82) is 0 Å². The second kappa shape index (κ2) is 6.69. The molecule has 1 aliphatic carbocycles. The van der Waals surface area contributed by atoms with Crippen molar-refractivity contribution >= 4 is 23.4 Å². The minimum atomic E-state index is -0.0799. The first-order chi connectivity index (χ1) is 10.6. The zero-order valence-corrected chi connectivity index (χ0v) is 13.3. The molecule has 1 atom stereocenters. The molecule has 118 valence electrons. The van der Waals surface area contributed by atoms with Crippen LogP contribution in [0.2, 0.25) is 5.02 Å². The van der Waals surface area contributed by atoms with Crippen molar-refractivity contribution in [3.05, 3.63) is 34.9 Å². The van der Waals surface area contributed by atoms with Gasteiger partial charge in [0.2, 0.25) is 5.91 Å². The Kier molecular flexibility index (Phi) is 4.67. The molecule has 1 saturated heterocycles. The van der Waals surface area contributed by atoms with Crippen LogP contribution < -0.4 is 5.32 Å². The summed E-state index contributed by atoms with van der Waals surface area (Å²) in [5, 5.41) is 3.64. The molecule has 1 aromatic carbocycles. The molecule has 22 heavy (non-hydrogen) atoms. The summed E-state index contributed by atoms with van der Waals surface area (Å²) in [7, 11) is 0. The van der Waals surface area contributed by atoms with E-state index in [1.54, 1.807) is 29.2 Å². The number of amides is 2. The smallest absolute Gasteiger partial charge is 0.253 e. The number of benzene rings is 1. The van der Waals surface area contributed by atoms with Crippen molar-refractivity contribution < 1.29 is 9.59 Å². The highest BCUT2D eigenvalue weighted by Crippen LogP contribution is 2.28. The van der Waals surface area contributed by atoms with Crippen molar-refractivity contribution in [2.75, 3.05) is 19.6 Å². The largest absolute Gasteiger partial charge is 0.356 e. The highest BCUT2D eigenvalue weighted by atomic mass is 35.5. The van der Waals surface area contributed by atoms with Crippen LogP contribution in [-0.4, -0.2) is 36.3 Å². The van der Waals surface area contributed by atoms with Gasteiger partial charge in [0.05, 0.1) is 5.92 Å². The highest BCUT2D eigenvalue weighted by molar-refractivity contribution is 6.30. The Hall–Kier alpha value is -1.55. The van der Waals surface area contributed by atoms with Crippen LogP contribution in [0.5, 0.6) is 0 Å². The van der Waals surface area contributed by atoms with E-state index in [1.165, 1.54) is 12.8 Å². The summed E-state index contributed by atoms with van der Waals surface area (Å²) in [6.45, 7) is 2.02. The molecule has 2 aliphatic rings. The Balaban J connectivity index is 1.58. The normalized spacial score (nSPS) is 21.5. The van der Waals surface area contributed by atoms with Gasteiger partial charge in [-0.05, 0) is 55.9 Å². The van der Waals surface area contributed by atoms with Crippen LogP contribution >= 0.6 is 11.6 Å². The monoisotopic (exact) mass is 320 g/mol. The maximum absolute atomic E-state index is 12.5. The number of carbonyl (C=O) groups excluding carboxylic acids is 2. The summed E-state index contributed by atoms with van der Waals surface area (Å²) >= 11 is 5.85. The van der Waals surface area contributed by atoms with Crippen LogP contribution in [0.15, 0.2) is 24.3 Å². The van der Waals surface area contributed by atoms with E-state index in [1.807, 2.05) is 0 Å². The summed E-state index contributed by atoms with van der Waals surface area (Å²) < 4.78 is 0. The van der Waals surface area contributed by atoms with Crippen LogP contribution in [0.1, 0.15) is 36.0 Å². The van der Waals surface area contributed by atoms with Gasteiger partial charge in [0.25, 0.3) is 5.91 Å². The number of nitrogens with one attached hydrogen (secondary N) is 1. The fourth-order valence-electron chi connectivity index (χ4n) is 2.86. The van der Waals surface area contributed by atoms with Gasteiger partial charge < -0.3 is 10.2 Å². The molecular weight excluding hydrogens is 300 g/mol. The number of hydrogen-bond donors (Lipinski definition) is 1. The van der Waals surface area contributed by atoms with Crippen LogP contribution in [0, 0.1) is 11.8 Å². The first-order valence-electron chi connectivity index (χ1n) is 7.96. The summed E-state index contributed by atoms with van der Waals surface area (Å²) in [5.41, 5.74) is 0.628. The molecule has 0 aromatic heterocycles. The Labute approximate surface area is 135 Å². The SMILES string of the molecule is O=C(NCC1CC1)C1CCCN(C(=O)c2ccc(Cl)cc2)C1. The van der Waals surface area contributed by atoms with E-state index < -0.39 is 0 Å². The van der Waals surface area contributed by atoms with Gasteiger partial charge in [0, 0.05) is 30.2 Å². The number of rotatable bonds is 4. The third kappa shape index (κ3) is 3.80. The Morgan fingerprint density at radius 2 is 1.91 bits per heavy atom. The third-order valence-corrected chi connectivity index (χ3v) is 4.68. The zero-order valence-electron chi connectivity index (χ0n) is 12.6. The molecule has 1 N–H and O–H groups in total. The molecular formula is C17H21ClN2O2.